The number of nitrogens with two attached hydrogens (primary N) is 1. The van der Waals surface area contributed by atoms with Gasteiger partial charge in [0, 0.05) is 11.1 Å². The first-order valence-corrected chi connectivity index (χ1v) is 7.00. The van der Waals surface area contributed by atoms with E-state index in [1.165, 1.54) is 0 Å². The van der Waals surface area contributed by atoms with Crippen molar-refractivity contribution in [2.75, 3.05) is 5.73 Å². The van der Waals surface area contributed by atoms with Gasteiger partial charge in [0.2, 0.25) is 0 Å². The molecule has 2 aromatic rings. The lowest BCUT2D eigenvalue weighted by Gasteiger charge is -2.25. The molecule has 0 saturated carbocycles. The molecule has 0 radical (unpaired) electrons. The van der Waals surface area contributed by atoms with Crippen molar-refractivity contribution in [2.45, 2.75) is 19.4 Å². The number of hydrogen-bond donors (Lipinski definition) is 3. The summed E-state index contributed by atoms with van der Waals surface area (Å²) in [5.74, 6) is 1.00. The first kappa shape index (κ1) is 16.0. The van der Waals surface area contributed by atoms with E-state index in [1.54, 1.807) is 50.2 Å². The molecule has 0 heterocycles. The average Bonchev–Trinajstić information content (AvgIpc) is 2.42. The van der Waals surface area contributed by atoms with Gasteiger partial charge < -0.3 is 20.9 Å². The lowest BCUT2D eigenvalue weighted by atomic mass is 9.94. The van der Waals surface area contributed by atoms with Crippen LogP contribution in [-0.2, 0) is 5.54 Å². The van der Waals surface area contributed by atoms with Crippen LogP contribution < -0.4 is 15.8 Å². The van der Waals surface area contributed by atoms with E-state index >= 15 is 0 Å². The monoisotopic (exact) mass is 320 g/mol. The van der Waals surface area contributed by atoms with Crippen LogP contribution in [0.15, 0.2) is 42.5 Å². The predicted molar refractivity (Wildman–Crippen MR) is 86.6 cm³/mol. The SMILES string of the molecule is CC(C)(NC(=O)O)c1cccc(Oc2cc(Cl)ccc2N)c1. The van der Waals surface area contributed by atoms with Crippen molar-refractivity contribution in [3.8, 4) is 11.5 Å². The standard InChI is InChI=1S/C16H17ClN2O3/c1-16(2,19-15(20)21)10-4-3-5-12(8-10)22-14-9-11(17)6-7-13(14)18/h3-9,19H,18H2,1-2H3,(H,20,21). The summed E-state index contributed by atoms with van der Waals surface area (Å²) in [5.41, 5.74) is 6.35. The summed E-state index contributed by atoms with van der Waals surface area (Å²) in [4.78, 5) is 10.9. The molecule has 22 heavy (non-hydrogen) atoms. The molecule has 0 bridgehead atoms. The van der Waals surface area contributed by atoms with Gasteiger partial charge in [-0.3, -0.25) is 0 Å². The Hall–Kier alpha value is -2.40. The quantitative estimate of drug-likeness (QED) is 0.736. The third kappa shape index (κ3) is 3.83. The van der Waals surface area contributed by atoms with E-state index in [1.807, 2.05) is 6.07 Å². The molecule has 6 heteroatoms. The number of benzene rings is 2. The van der Waals surface area contributed by atoms with Crippen LogP contribution >= 0.6 is 11.6 Å². The van der Waals surface area contributed by atoms with Gasteiger partial charge in [-0.15, -0.1) is 0 Å². The molecular weight excluding hydrogens is 304 g/mol. The Morgan fingerprint density at radius 3 is 2.68 bits per heavy atom. The van der Waals surface area contributed by atoms with E-state index in [2.05, 4.69) is 5.32 Å². The summed E-state index contributed by atoms with van der Waals surface area (Å²) in [6.07, 6.45) is -1.09. The number of anilines is 1. The zero-order valence-corrected chi connectivity index (χ0v) is 13.0. The number of carbonyl (C=O) groups is 1. The van der Waals surface area contributed by atoms with Crippen molar-refractivity contribution in [3.63, 3.8) is 0 Å². The molecule has 0 aliphatic carbocycles. The van der Waals surface area contributed by atoms with Gasteiger partial charge in [0.15, 0.2) is 5.75 Å². The van der Waals surface area contributed by atoms with Gasteiger partial charge >= 0.3 is 6.09 Å². The number of carboxylic acid groups (broad SMARTS) is 1. The first-order chi connectivity index (χ1) is 10.3. The highest BCUT2D eigenvalue weighted by atomic mass is 35.5. The summed E-state index contributed by atoms with van der Waals surface area (Å²) in [7, 11) is 0. The fourth-order valence-electron chi connectivity index (χ4n) is 2.01. The Morgan fingerprint density at radius 2 is 2.00 bits per heavy atom. The van der Waals surface area contributed by atoms with E-state index in [-0.39, 0.29) is 0 Å². The van der Waals surface area contributed by atoms with Crippen LogP contribution in [0.2, 0.25) is 5.02 Å². The van der Waals surface area contributed by atoms with Crippen LogP contribution in [0.4, 0.5) is 10.5 Å². The summed E-state index contributed by atoms with van der Waals surface area (Å²) in [5, 5.41) is 11.9. The molecule has 0 aliphatic heterocycles. The normalized spacial score (nSPS) is 11.0. The van der Waals surface area contributed by atoms with Crippen LogP contribution in [0.5, 0.6) is 11.5 Å². The molecule has 0 saturated heterocycles. The van der Waals surface area contributed by atoms with Gasteiger partial charge in [-0.1, -0.05) is 23.7 Å². The molecule has 0 unspecified atom stereocenters. The number of halogens is 1. The van der Waals surface area contributed by atoms with Crippen LogP contribution in [-0.4, -0.2) is 11.2 Å². The number of hydrogen-bond acceptors (Lipinski definition) is 3. The van der Waals surface area contributed by atoms with E-state index < -0.39 is 11.6 Å². The molecular formula is C16H17ClN2O3. The molecule has 0 aliphatic rings. The highest BCUT2D eigenvalue weighted by molar-refractivity contribution is 6.30. The van der Waals surface area contributed by atoms with Crippen LogP contribution in [0.3, 0.4) is 0 Å². The Balaban J connectivity index is 2.29. The van der Waals surface area contributed by atoms with E-state index in [0.717, 1.165) is 5.56 Å². The zero-order chi connectivity index (χ0) is 16.3. The van der Waals surface area contributed by atoms with Crippen molar-refractivity contribution in [2.24, 2.45) is 0 Å². The van der Waals surface area contributed by atoms with Crippen molar-refractivity contribution < 1.29 is 14.6 Å². The lowest BCUT2D eigenvalue weighted by Crippen LogP contribution is -2.40. The molecule has 0 spiro atoms. The second-order valence-electron chi connectivity index (χ2n) is 5.37. The van der Waals surface area contributed by atoms with Crippen molar-refractivity contribution in [3.05, 3.63) is 53.1 Å². The molecule has 5 nitrogen and oxygen atoms in total. The topological polar surface area (TPSA) is 84.6 Å². The maximum absolute atomic E-state index is 10.9. The van der Waals surface area contributed by atoms with Crippen molar-refractivity contribution in [1.82, 2.24) is 5.32 Å². The zero-order valence-electron chi connectivity index (χ0n) is 12.3. The molecule has 0 fully saturated rings. The van der Waals surface area contributed by atoms with Crippen LogP contribution in [0.25, 0.3) is 0 Å². The molecule has 0 atom stereocenters. The van der Waals surface area contributed by atoms with Gasteiger partial charge in [0.25, 0.3) is 0 Å². The molecule has 116 valence electrons. The number of nitrogen functional groups attached to an aromatic ring is 1. The van der Waals surface area contributed by atoms with Crippen molar-refractivity contribution >= 4 is 23.4 Å². The summed E-state index contributed by atoms with van der Waals surface area (Å²) in [6, 6.07) is 12.1. The maximum Gasteiger partial charge on any atom is 0.405 e. The molecule has 2 rings (SSSR count). The fraction of sp³-hybridized carbons (Fsp3) is 0.188. The molecule has 1 amide bonds. The summed E-state index contributed by atoms with van der Waals surface area (Å²) in [6.45, 7) is 3.54. The molecule has 2 aromatic carbocycles. The first-order valence-electron chi connectivity index (χ1n) is 6.62. The summed E-state index contributed by atoms with van der Waals surface area (Å²) < 4.78 is 5.75. The van der Waals surface area contributed by atoms with E-state index in [0.29, 0.717) is 22.2 Å². The van der Waals surface area contributed by atoms with Crippen molar-refractivity contribution in [1.29, 1.82) is 0 Å². The number of nitrogens with one attached hydrogen (secondary N) is 1. The second-order valence-corrected chi connectivity index (χ2v) is 5.80. The largest absolute Gasteiger partial charge is 0.465 e. The minimum absolute atomic E-state index is 0.452. The fourth-order valence-corrected chi connectivity index (χ4v) is 2.17. The third-order valence-electron chi connectivity index (χ3n) is 3.18. The third-order valence-corrected chi connectivity index (χ3v) is 3.41. The van der Waals surface area contributed by atoms with E-state index in [9.17, 15) is 4.79 Å². The lowest BCUT2D eigenvalue weighted by molar-refractivity contribution is 0.182. The smallest absolute Gasteiger partial charge is 0.405 e. The van der Waals surface area contributed by atoms with E-state index in [4.69, 9.17) is 27.2 Å². The number of amides is 1. The Morgan fingerprint density at radius 1 is 1.27 bits per heavy atom. The Labute approximate surface area is 133 Å². The predicted octanol–water partition coefficient (Wildman–Crippen LogP) is 4.22. The molecule has 0 aromatic heterocycles. The minimum atomic E-state index is -1.09. The van der Waals surface area contributed by atoms with Gasteiger partial charge in [0.1, 0.15) is 5.75 Å². The van der Waals surface area contributed by atoms with Crippen LogP contribution in [0, 0.1) is 0 Å². The van der Waals surface area contributed by atoms with Gasteiger partial charge in [-0.25, -0.2) is 4.79 Å². The minimum Gasteiger partial charge on any atom is -0.465 e. The Bertz CT molecular complexity index is 702. The number of ether oxygens (including phenoxy) is 1. The van der Waals surface area contributed by atoms with Gasteiger partial charge in [0.05, 0.1) is 11.2 Å². The highest BCUT2D eigenvalue weighted by Crippen LogP contribution is 2.32. The number of rotatable bonds is 4. The second kappa shape index (κ2) is 6.15. The molecule has 4 N–H and O–H groups in total. The van der Waals surface area contributed by atoms with Crippen LogP contribution in [0.1, 0.15) is 19.4 Å². The average molecular weight is 321 g/mol. The summed E-state index contributed by atoms with van der Waals surface area (Å²) >= 11 is 5.93. The van der Waals surface area contributed by atoms with Gasteiger partial charge in [-0.05, 0) is 43.7 Å². The Kier molecular flexibility index (Phi) is 4.47. The maximum atomic E-state index is 10.9. The highest BCUT2D eigenvalue weighted by Gasteiger charge is 2.23. The van der Waals surface area contributed by atoms with Gasteiger partial charge in [-0.2, -0.15) is 0 Å².